The molecule has 3 heterocycles. The van der Waals surface area contributed by atoms with Crippen molar-refractivity contribution in [3.05, 3.63) is 41.8 Å². The molecule has 1 aromatic carbocycles. The van der Waals surface area contributed by atoms with Gasteiger partial charge in [0, 0.05) is 30.6 Å². The molecular weight excluding hydrogens is 323 g/mol. The van der Waals surface area contributed by atoms with E-state index in [2.05, 4.69) is 32.2 Å². The van der Waals surface area contributed by atoms with Crippen molar-refractivity contribution in [2.75, 3.05) is 38.1 Å². The molecule has 2 aromatic heterocycles. The monoisotopic (exact) mass is 342 g/mol. The van der Waals surface area contributed by atoms with Crippen LogP contribution in [0.3, 0.4) is 0 Å². The Kier molecular flexibility index (Phi) is 4.16. The molecule has 0 N–H and O–H groups in total. The van der Waals surface area contributed by atoms with Crippen molar-refractivity contribution in [3.8, 4) is 11.1 Å². The summed E-state index contributed by atoms with van der Waals surface area (Å²) in [6.07, 6.45) is 2.77. The maximum Gasteiger partial charge on any atom is 0.141 e. The maximum absolute atomic E-state index is 13.3. The molecule has 1 aliphatic rings. The number of fused-ring (bicyclic) bond motifs is 1. The summed E-state index contributed by atoms with van der Waals surface area (Å²) in [7, 11) is 2.16. The first-order chi connectivity index (χ1) is 11.7. The van der Waals surface area contributed by atoms with Crippen molar-refractivity contribution >= 4 is 27.4 Å². The fourth-order valence-electron chi connectivity index (χ4n) is 3.20. The topological polar surface area (TPSA) is 32.3 Å². The number of hydrogen-bond donors (Lipinski definition) is 0. The van der Waals surface area contributed by atoms with Gasteiger partial charge in [0.05, 0.1) is 5.39 Å². The Balaban J connectivity index is 1.81. The average Bonchev–Trinajstić information content (AvgIpc) is 2.91. The van der Waals surface area contributed by atoms with Crippen molar-refractivity contribution in [1.82, 2.24) is 14.9 Å². The van der Waals surface area contributed by atoms with Gasteiger partial charge in [-0.05, 0) is 37.7 Å². The molecule has 0 bridgehead atoms. The van der Waals surface area contributed by atoms with E-state index in [1.165, 1.54) is 12.1 Å². The van der Waals surface area contributed by atoms with Crippen LogP contribution >= 0.6 is 11.3 Å². The molecule has 1 saturated heterocycles. The molecule has 0 saturated carbocycles. The number of hydrogen-bond acceptors (Lipinski definition) is 5. The van der Waals surface area contributed by atoms with Gasteiger partial charge in [0.2, 0.25) is 0 Å². The Morgan fingerprint density at radius 3 is 2.71 bits per heavy atom. The third-order valence-corrected chi connectivity index (χ3v) is 5.41. The van der Waals surface area contributed by atoms with E-state index in [1.54, 1.807) is 17.7 Å². The second kappa shape index (κ2) is 6.45. The van der Waals surface area contributed by atoms with Gasteiger partial charge in [-0.25, -0.2) is 14.4 Å². The minimum absolute atomic E-state index is 0.217. The van der Waals surface area contributed by atoms with Crippen LogP contribution in [0.25, 0.3) is 21.3 Å². The molecule has 1 fully saturated rings. The number of benzene rings is 1. The van der Waals surface area contributed by atoms with Gasteiger partial charge in [0.1, 0.15) is 22.8 Å². The molecule has 0 unspecified atom stereocenters. The van der Waals surface area contributed by atoms with Crippen LogP contribution in [0.1, 0.15) is 6.42 Å². The van der Waals surface area contributed by atoms with Crippen LogP contribution in [0.4, 0.5) is 10.2 Å². The number of rotatable bonds is 2. The lowest BCUT2D eigenvalue weighted by Gasteiger charge is -2.22. The van der Waals surface area contributed by atoms with Gasteiger partial charge in [-0.1, -0.05) is 12.1 Å². The van der Waals surface area contributed by atoms with E-state index >= 15 is 0 Å². The van der Waals surface area contributed by atoms with Crippen LogP contribution < -0.4 is 4.90 Å². The summed E-state index contributed by atoms with van der Waals surface area (Å²) in [5.41, 5.74) is 2.09. The molecule has 4 nitrogen and oxygen atoms in total. The molecule has 0 atom stereocenters. The van der Waals surface area contributed by atoms with E-state index < -0.39 is 0 Å². The van der Waals surface area contributed by atoms with Gasteiger partial charge in [-0.15, -0.1) is 11.3 Å². The lowest BCUT2D eigenvalue weighted by Crippen LogP contribution is -2.29. The Bertz CT molecular complexity index is 846. The second-order valence-corrected chi connectivity index (χ2v) is 7.04. The first-order valence-electron chi connectivity index (χ1n) is 8.14. The molecule has 124 valence electrons. The largest absolute Gasteiger partial charge is 0.355 e. The number of halogens is 1. The Hall–Kier alpha value is -2.05. The van der Waals surface area contributed by atoms with Crippen molar-refractivity contribution in [2.45, 2.75) is 6.42 Å². The molecule has 24 heavy (non-hydrogen) atoms. The zero-order valence-electron chi connectivity index (χ0n) is 13.6. The third kappa shape index (κ3) is 2.87. The highest BCUT2D eigenvalue weighted by Gasteiger charge is 2.20. The van der Waals surface area contributed by atoms with Crippen LogP contribution in [0.2, 0.25) is 0 Å². The lowest BCUT2D eigenvalue weighted by atomic mass is 10.1. The van der Waals surface area contributed by atoms with Gasteiger partial charge in [0.15, 0.2) is 0 Å². The zero-order valence-corrected chi connectivity index (χ0v) is 14.4. The van der Waals surface area contributed by atoms with Crippen molar-refractivity contribution in [1.29, 1.82) is 0 Å². The number of nitrogens with zero attached hydrogens (tertiary/aromatic N) is 4. The predicted octanol–water partition coefficient (Wildman–Crippen LogP) is 3.64. The quantitative estimate of drug-likeness (QED) is 0.712. The second-order valence-electron chi connectivity index (χ2n) is 6.18. The first kappa shape index (κ1) is 15.5. The fourth-order valence-corrected chi connectivity index (χ4v) is 4.11. The highest BCUT2D eigenvalue weighted by atomic mass is 32.1. The maximum atomic E-state index is 13.3. The average molecular weight is 342 g/mol. The molecular formula is C18H19FN4S. The zero-order chi connectivity index (χ0) is 16.5. The van der Waals surface area contributed by atoms with E-state index in [1.807, 2.05) is 12.1 Å². The summed E-state index contributed by atoms with van der Waals surface area (Å²) in [6.45, 7) is 4.09. The minimum atomic E-state index is -0.217. The molecule has 0 radical (unpaired) electrons. The molecule has 1 aliphatic heterocycles. The van der Waals surface area contributed by atoms with E-state index in [0.717, 1.165) is 59.8 Å². The number of aromatic nitrogens is 2. The highest BCUT2D eigenvalue weighted by molar-refractivity contribution is 7.17. The SMILES string of the molecule is CN1CCCN(c2ncnc3scc(-c4ccc(F)cc4)c23)CC1. The smallest absolute Gasteiger partial charge is 0.141 e. The van der Waals surface area contributed by atoms with Gasteiger partial charge >= 0.3 is 0 Å². The van der Waals surface area contributed by atoms with Gasteiger partial charge < -0.3 is 9.80 Å². The Morgan fingerprint density at radius 1 is 1.04 bits per heavy atom. The summed E-state index contributed by atoms with van der Waals surface area (Å²) in [4.78, 5) is 14.7. The van der Waals surface area contributed by atoms with E-state index in [4.69, 9.17) is 0 Å². The summed E-state index contributed by atoms with van der Waals surface area (Å²) in [5, 5.41) is 3.18. The Morgan fingerprint density at radius 2 is 1.88 bits per heavy atom. The van der Waals surface area contributed by atoms with E-state index in [9.17, 15) is 4.39 Å². The van der Waals surface area contributed by atoms with Crippen LogP contribution in [0.15, 0.2) is 36.0 Å². The molecule has 3 aromatic rings. The van der Waals surface area contributed by atoms with Gasteiger partial charge in [-0.3, -0.25) is 0 Å². The molecule has 0 spiro atoms. The number of anilines is 1. The van der Waals surface area contributed by atoms with E-state index in [-0.39, 0.29) is 5.82 Å². The lowest BCUT2D eigenvalue weighted by molar-refractivity contribution is 0.360. The molecule has 6 heteroatoms. The fraction of sp³-hybridized carbons (Fsp3) is 0.333. The van der Waals surface area contributed by atoms with E-state index in [0.29, 0.717) is 0 Å². The number of likely N-dealkylation sites (N-methyl/N-ethyl adjacent to an activating group) is 1. The standard InChI is InChI=1S/C18H19FN4S/c1-22-7-2-8-23(10-9-22)17-16-15(11-24-18(16)21-12-20-17)13-3-5-14(19)6-4-13/h3-6,11-12H,2,7-10H2,1H3. The van der Waals surface area contributed by atoms with Gasteiger partial charge in [0.25, 0.3) is 0 Å². The summed E-state index contributed by atoms with van der Waals surface area (Å²) >= 11 is 1.61. The van der Waals surface area contributed by atoms with Crippen molar-refractivity contribution in [2.24, 2.45) is 0 Å². The van der Waals surface area contributed by atoms with Crippen LogP contribution in [0.5, 0.6) is 0 Å². The van der Waals surface area contributed by atoms with Gasteiger partial charge in [-0.2, -0.15) is 0 Å². The molecule has 0 amide bonds. The van der Waals surface area contributed by atoms with Crippen LogP contribution in [0, 0.1) is 5.82 Å². The third-order valence-electron chi connectivity index (χ3n) is 4.52. The minimum Gasteiger partial charge on any atom is -0.355 e. The van der Waals surface area contributed by atoms with Crippen LogP contribution in [-0.2, 0) is 0 Å². The summed E-state index contributed by atoms with van der Waals surface area (Å²) in [5.74, 6) is 0.779. The normalized spacial score (nSPS) is 16.5. The molecule has 0 aliphatic carbocycles. The summed E-state index contributed by atoms with van der Waals surface area (Å²) in [6, 6.07) is 6.65. The predicted molar refractivity (Wildman–Crippen MR) is 97.1 cm³/mol. The summed E-state index contributed by atoms with van der Waals surface area (Å²) < 4.78 is 13.3. The highest BCUT2D eigenvalue weighted by Crippen LogP contribution is 2.38. The number of thiophene rings is 1. The van der Waals surface area contributed by atoms with Crippen molar-refractivity contribution in [3.63, 3.8) is 0 Å². The van der Waals surface area contributed by atoms with Crippen LogP contribution in [-0.4, -0.2) is 48.1 Å². The molecule has 4 rings (SSSR count). The van der Waals surface area contributed by atoms with Crippen molar-refractivity contribution < 1.29 is 4.39 Å². The first-order valence-corrected chi connectivity index (χ1v) is 9.02. The Labute approximate surface area is 144 Å².